The van der Waals surface area contributed by atoms with E-state index < -0.39 is 6.61 Å². The minimum atomic E-state index is -2.90. The van der Waals surface area contributed by atoms with Gasteiger partial charge in [0.15, 0.2) is 6.29 Å². The number of carbonyl (C=O) groups is 1. The van der Waals surface area contributed by atoms with Crippen molar-refractivity contribution in [3.05, 3.63) is 42.0 Å². The summed E-state index contributed by atoms with van der Waals surface area (Å²) in [5.74, 6) is 0.0233. The first-order valence-corrected chi connectivity index (χ1v) is 4.64. The summed E-state index contributed by atoms with van der Waals surface area (Å²) in [6.07, 6.45) is 0.626. The van der Waals surface area contributed by atoms with Crippen molar-refractivity contribution in [3.63, 3.8) is 0 Å². The highest BCUT2D eigenvalue weighted by atomic mass is 19.3. The molecule has 2 aromatic rings. The normalized spacial score (nSPS) is 10.7. The Morgan fingerprint density at radius 2 is 1.81 bits per heavy atom. The Morgan fingerprint density at radius 3 is 2.44 bits per heavy atom. The van der Waals surface area contributed by atoms with Gasteiger partial charge in [-0.05, 0) is 11.5 Å². The molecule has 4 heteroatoms. The zero-order chi connectivity index (χ0) is 11.5. The highest BCUT2D eigenvalue weighted by Gasteiger charge is 2.10. The minimum absolute atomic E-state index is 0.0233. The van der Waals surface area contributed by atoms with Crippen LogP contribution in [-0.4, -0.2) is 12.9 Å². The van der Waals surface area contributed by atoms with Gasteiger partial charge >= 0.3 is 6.61 Å². The van der Waals surface area contributed by atoms with E-state index in [-0.39, 0.29) is 5.75 Å². The summed E-state index contributed by atoms with van der Waals surface area (Å²) in [7, 11) is 0. The molecule has 2 nitrogen and oxygen atoms in total. The van der Waals surface area contributed by atoms with Crippen molar-refractivity contribution in [3.8, 4) is 5.75 Å². The maximum Gasteiger partial charge on any atom is 0.387 e. The molecule has 2 rings (SSSR count). The third-order valence-electron chi connectivity index (χ3n) is 2.24. The standard InChI is InChI=1S/C12H8F2O2/c13-12(14)16-10-6-2-4-8-3-1-5-9(7-15)11(8)10/h1-7,12H. The van der Waals surface area contributed by atoms with Gasteiger partial charge in [-0.15, -0.1) is 0 Å². The molecule has 0 spiro atoms. The maximum atomic E-state index is 12.2. The van der Waals surface area contributed by atoms with Gasteiger partial charge in [-0.3, -0.25) is 4.79 Å². The van der Waals surface area contributed by atoms with E-state index in [2.05, 4.69) is 4.74 Å². The molecule has 0 aliphatic carbocycles. The molecule has 0 unspecified atom stereocenters. The maximum absolute atomic E-state index is 12.2. The molecule has 0 atom stereocenters. The van der Waals surface area contributed by atoms with Crippen LogP contribution < -0.4 is 4.74 Å². The van der Waals surface area contributed by atoms with E-state index in [9.17, 15) is 13.6 Å². The Hall–Kier alpha value is -1.97. The topological polar surface area (TPSA) is 26.3 Å². The minimum Gasteiger partial charge on any atom is -0.434 e. The Kier molecular flexibility index (Phi) is 2.81. The number of alkyl halides is 2. The summed E-state index contributed by atoms with van der Waals surface area (Å²) in [4.78, 5) is 10.8. The van der Waals surface area contributed by atoms with Crippen LogP contribution in [0.3, 0.4) is 0 Å². The first-order chi connectivity index (χ1) is 7.72. The number of aldehydes is 1. The summed E-state index contributed by atoms with van der Waals surface area (Å²) in [5.41, 5.74) is 0.341. The molecule has 2 aromatic carbocycles. The van der Waals surface area contributed by atoms with Gasteiger partial charge in [0.05, 0.1) is 0 Å². The smallest absolute Gasteiger partial charge is 0.387 e. The van der Waals surface area contributed by atoms with Gasteiger partial charge in [0, 0.05) is 10.9 Å². The zero-order valence-electron chi connectivity index (χ0n) is 8.19. The molecule has 0 radical (unpaired) electrons. The lowest BCUT2D eigenvalue weighted by Gasteiger charge is -2.09. The predicted molar refractivity (Wildman–Crippen MR) is 56.0 cm³/mol. The van der Waals surface area contributed by atoms with Gasteiger partial charge in [-0.2, -0.15) is 8.78 Å². The second-order valence-corrected chi connectivity index (χ2v) is 3.20. The molecule has 0 aromatic heterocycles. The fraction of sp³-hybridized carbons (Fsp3) is 0.0833. The molecule has 82 valence electrons. The number of rotatable bonds is 3. The molecule has 0 N–H and O–H groups in total. The molecular formula is C12H8F2O2. The summed E-state index contributed by atoms with van der Waals surface area (Å²) >= 11 is 0. The summed E-state index contributed by atoms with van der Waals surface area (Å²) in [6, 6.07) is 9.75. The van der Waals surface area contributed by atoms with Crippen molar-refractivity contribution in [2.75, 3.05) is 0 Å². The molecule has 0 heterocycles. The Bertz CT molecular complexity index is 518. The first kappa shape index (κ1) is 10.5. The lowest BCUT2D eigenvalue weighted by Crippen LogP contribution is -2.03. The van der Waals surface area contributed by atoms with Gasteiger partial charge in [-0.25, -0.2) is 0 Å². The van der Waals surface area contributed by atoms with E-state index >= 15 is 0 Å². The van der Waals surface area contributed by atoms with Crippen LogP contribution in [0.2, 0.25) is 0 Å². The first-order valence-electron chi connectivity index (χ1n) is 4.64. The molecule has 0 bridgehead atoms. The van der Waals surface area contributed by atoms with E-state index in [0.717, 1.165) is 0 Å². The number of fused-ring (bicyclic) bond motifs is 1. The second kappa shape index (κ2) is 4.26. The van der Waals surface area contributed by atoms with Crippen LogP contribution >= 0.6 is 0 Å². The van der Waals surface area contributed by atoms with Crippen molar-refractivity contribution >= 4 is 17.1 Å². The van der Waals surface area contributed by atoms with Crippen LogP contribution in [0.4, 0.5) is 8.78 Å². The third kappa shape index (κ3) is 1.86. The van der Waals surface area contributed by atoms with Crippen molar-refractivity contribution in [1.82, 2.24) is 0 Å². The molecule has 0 saturated carbocycles. The second-order valence-electron chi connectivity index (χ2n) is 3.20. The monoisotopic (exact) mass is 222 g/mol. The molecule has 0 aliphatic rings. The predicted octanol–water partition coefficient (Wildman–Crippen LogP) is 3.25. The van der Waals surface area contributed by atoms with E-state index in [4.69, 9.17) is 0 Å². The average Bonchev–Trinajstić information content (AvgIpc) is 2.28. The van der Waals surface area contributed by atoms with Crippen molar-refractivity contribution in [1.29, 1.82) is 0 Å². The summed E-state index contributed by atoms with van der Waals surface area (Å²) in [5, 5.41) is 1.11. The van der Waals surface area contributed by atoms with E-state index in [1.165, 1.54) is 6.07 Å². The van der Waals surface area contributed by atoms with Gasteiger partial charge in [0.1, 0.15) is 5.75 Å². The fourth-order valence-electron chi connectivity index (χ4n) is 1.63. The lowest BCUT2D eigenvalue weighted by atomic mass is 10.0. The van der Waals surface area contributed by atoms with Crippen LogP contribution in [0, 0.1) is 0 Å². The third-order valence-corrected chi connectivity index (χ3v) is 2.24. The Labute approximate surface area is 90.4 Å². The number of hydrogen-bond donors (Lipinski definition) is 0. The van der Waals surface area contributed by atoms with Crippen LogP contribution in [0.1, 0.15) is 10.4 Å². The Morgan fingerprint density at radius 1 is 1.12 bits per heavy atom. The van der Waals surface area contributed by atoms with E-state index in [1.54, 1.807) is 30.3 Å². The fourth-order valence-corrected chi connectivity index (χ4v) is 1.63. The average molecular weight is 222 g/mol. The molecular weight excluding hydrogens is 214 g/mol. The van der Waals surface area contributed by atoms with Gasteiger partial charge in [0.2, 0.25) is 0 Å². The lowest BCUT2D eigenvalue weighted by molar-refractivity contribution is -0.0488. The summed E-state index contributed by atoms with van der Waals surface area (Å²) in [6.45, 7) is -2.90. The quantitative estimate of drug-likeness (QED) is 0.745. The number of carbonyl (C=O) groups excluding carboxylic acids is 1. The van der Waals surface area contributed by atoms with Crippen molar-refractivity contribution in [2.45, 2.75) is 6.61 Å². The van der Waals surface area contributed by atoms with Crippen molar-refractivity contribution < 1.29 is 18.3 Å². The van der Waals surface area contributed by atoms with E-state index in [0.29, 0.717) is 22.6 Å². The largest absolute Gasteiger partial charge is 0.434 e. The van der Waals surface area contributed by atoms with Gasteiger partial charge in [0.25, 0.3) is 0 Å². The van der Waals surface area contributed by atoms with Gasteiger partial charge in [-0.1, -0.05) is 30.3 Å². The number of ether oxygens (including phenoxy) is 1. The molecule has 0 saturated heterocycles. The van der Waals surface area contributed by atoms with Crippen molar-refractivity contribution in [2.24, 2.45) is 0 Å². The number of halogens is 2. The number of benzene rings is 2. The SMILES string of the molecule is O=Cc1cccc2cccc(OC(F)F)c12. The Balaban J connectivity index is 2.68. The van der Waals surface area contributed by atoms with Crippen LogP contribution in [-0.2, 0) is 0 Å². The summed E-state index contributed by atoms with van der Waals surface area (Å²) < 4.78 is 28.7. The molecule has 0 amide bonds. The molecule has 0 aliphatic heterocycles. The van der Waals surface area contributed by atoms with Gasteiger partial charge < -0.3 is 4.74 Å². The highest BCUT2D eigenvalue weighted by Crippen LogP contribution is 2.29. The van der Waals surface area contributed by atoms with Crippen LogP contribution in [0.25, 0.3) is 10.8 Å². The van der Waals surface area contributed by atoms with Crippen LogP contribution in [0.15, 0.2) is 36.4 Å². The zero-order valence-corrected chi connectivity index (χ0v) is 8.19. The molecule has 0 fully saturated rings. The highest BCUT2D eigenvalue weighted by molar-refractivity contribution is 6.01. The van der Waals surface area contributed by atoms with E-state index in [1.807, 2.05) is 0 Å². The number of hydrogen-bond acceptors (Lipinski definition) is 2. The molecule has 16 heavy (non-hydrogen) atoms. The van der Waals surface area contributed by atoms with Crippen LogP contribution in [0.5, 0.6) is 5.75 Å².